The highest BCUT2D eigenvalue weighted by molar-refractivity contribution is 5.89. The molecule has 31 heavy (non-hydrogen) atoms. The molecule has 0 saturated heterocycles. The number of nitrogens with two attached hydrogens (primary N) is 1. The molecule has 0 saturated carbocycles. The lowest BCUT2D eigenvalue weighted by molar-refractivity contribution is -0.143. The second kappa shape index (κ2) is 8.92. The fourth-order valence-corrected chi connectivity index (χ4v) is 3.27. The van der Waals surface area contributed by atoms with Gasteiger partial charge in [-0.1, -0.05) is 19.1 Å². The number of carbonyl (C=O) groups is 1. The van der Waals surface area contributed by atoms with E-state index in [2.05, 4.69) is 4.98 Å². The molecule has 1 heterocycles. The van der Waals surface area contributed by atoms with Crippen molar-refractivity contribution >= 4 is 29.1 Å². The molecule has 1 unspecified atom stereocenters. The maximum absolute atomic E-state index is 13.1. The Labute approximate surface area is 180 Å². The van der Waals surface area contributed by atoms with Crippen molar-refractivity contribution in [1.29, 1.82) is 0 Å². The van der Waals surface area contributed by atoms with Gasteiger partial charge in [0.25, 0.3) is 0 Å². The van der Waals surface area contributed by atoms with Crippen LogP contribution in [0.15, 0.2) is 42.6 Å². The first kappa shape index (κ1) is 24.7. The first-order valence-corrected chi connectivity index (χ1v) is 9.08. The molecule has 3 rings (SSSR count). The highest BCUT2D eigenvalue weighted by Gasteiger charge is 2.37. The maximum Gasteiger partial charge on any atom is 0.416 e. The number of ketones is 1. The Balaban J connectivity index is 0.00000341. The van der Waals surface area contributed by atoms with Gasteiger partial charge in [0.05, 0.1) is 17.2 Å². The molecule has 3 N–H and O–H groups in total. The van der Waals surface area contributed by atoms with Gasteiger partial charge < -0.3 is 10.7 Å². The molecule has 0 fully saturated rings. The van der Waals surface area contributed by atoms with Crippen LogP contribution < -0.4 is 5.73 Å². The molecule has 3 nitrogen and oxygen atoms in total. The number of fused-ring (bicyclic) bond motifs is 1. The van der Waals surface area contributed by atoms with Crippen LogP contribution in [-0.2, 0) is 23.6 Å². The molecule has 0 aliphatic heterocycles. The number of Topliss-reactive ketones (excluding diaryl/α,β-unsaturated/α-hetero) is 1. The average Bonchev–Trinajstić information content (AvgIpc) is 3.07. The molecule has 0 amide bonds. The molecule has 1 atom stereocenters. The summed E-state index contributed by atoms with van der Waals surface area (Å²) in [6, 6.07) is 5.30. The SMILES string of the molecule is CCC(=O)C(N)Cc1c[nH]c2cc(-c3cc(C(F)(F)F)cc(C(F)(F)F)c3)ccc12.Cl. The Hall–Kier alpha value is -2.52. The number of hydrogen-bond acceptors (Lipinski definition) is 2. The summed E-state index contributed by atoms with van der Waals surface area (Å²) in [7, 11) is 0. The number of rotatable bonds is 5. The number of alkyl halides is 6. The normalized spacial score (nSPS) is 13.2. The molecule has 0 radical (unpaired) electrons. The zero-order chi connectivity index (χ0) is 22.3. The standard InChI is InChI=1S/C21H18F6N2O.ClH/c1-2-19(30)17(28)7-13-10-29-18-8-11(3-4-16(13)18)12-5-14(20(22,23)24)9-15(6-12)21(25,26)27;/h3-6,8-10,17,29H,2,7,28H2,1H3;1H. The van der Waals surface area contributed by atoms with E-state index in [0.29, 0.717) is 29.5 Å². The van der Waals surface area contributed by atoms with Crippen molar-refractivity contribution in [2.24, 2.45) is 5.73 Å². The number of aromatic amines is 1. The third-order valence-electron chi connectivity index (χ3n) is 4.89. The molecule has 0 aliphatic carbocycles. The van der Waals surface area contributed by atoms with Crippen LogP contribution in [0.3, 0.4) is 0 Å². The lowest BCUT2D eigenvalue weighted by Gasteiger charge is -2.14. The van der Waals surface area contributed by atoms with Crippen LogP contribution in [0, 0.1) is 0 Å². The van der Waals surface area contributed by atoms with Crippen molar-refractivity contribution in [1.82, 2.24) is 4.98 Å². The molecule has 3 aromatic rings. The summed E-state index contributed by atoms with van der Waals surface area (Å²) in [5.74, 6) is -0.107. The van der Waals surface area contributed by atoms with Gasteiger partial charge in [-0.15, -0.1) is 12.4 Å². The van der Waals surface area contributed by atoms with Gasteiger partial charge in [0, 0.05) is 23.5 Å². The molecule has 0 spiro atoms. The molecule has 168 valence electrons. The number of aromatic nitrogens is 1. The van der Waals surface area contributed by atoms with Crippen LogP contribution in [0.2, 0.25) is 0 Å². The van der Waals surface area contributed by atoms with Crippen molar-refractivity contribution in [2.45, 2.75) is 38.2 Å². The van der Waals surface area contributed by atoms with Gasteiger partial charge in [0.2, 0.25) is 0 Å². The van der Waals surface area contributed by atoms with Gasteiger partial charge in [-0.05, 0) is 47.4 Å². The minimum absolute atomic E-state index is 0. The molecule has 2 aromatic carbocycles. The largest absolute Gasteiger partial charge is 0.416 e. The third-order valence-corrected chi connectivity index (χ3v) is 4.89. The van der Waals surface area contributed by atoms with E-state index in [4.69, 9.17) is 5.73 Å². The number of nitrogens with one attached hydrogen (secondary N) is 1. The summed E-state index contributed by atoms with van der Waals surface area (Å²) in [6.45, 7) is 1.70. The van der Waals surface area contributed by atoms with E-state index in [1.165, 1.54) is 12.1 Å². The van der Waals surface area contributed by atoms with Gasteiger partial charge >= 0.3 is 12.4 Å². The Bertz CT molecular complexity index is 1060. The minimum Gasteiger partial charge on any atom is -0.361 e. The summed E-state index contributed by atoms with van der Waals surface area (Å²) >= 11 is 0. The van der Waals surface area contributed by atoms with Gasteiger partial charge in [0.1, 0.15) is 5.78 Å². The van der Waals surface area contributed by atoms with Crippen LogP contribution in [0.5, 0.6) is 0 Å². The molecule has 1 aromatic heterocycles. The summed E-state index contributed by atoms with van der Waals surface area (Å²) < 4.78 is 78.7. The first-order valence-electron chi connectivity index (χ1n) is 9.08. The topological polar surface area (TPSA) is 58.9 Å². The smallest absolute Gasteiger partial charge is 0.361 e. The fraction of sp³-hybridized carbons (Fsp3) is 0.286. The molecule has 0 bridgehead atoms. The minimum atomic E-state index is -4.92. The Morgan fingerprint density at radius 2 is 1.55 bits per heavy atom. The zero-order valence-corrected chi connectivity index (χ0v) is 17.0. The molecule has 10 heteroatoms. The quantitative estimate of drug-likeness (QED) is 0.445. The third kappa shape index (κ3) is 5.40. The Kier molecular flexibility index (Phi) is 7.12. The lowest BCUT2D eigenvalue weighted by Crippen LogP contribution is -2.31. The van der Waals surface area contributed by atoms with E-state index in [9.17, 15) is 31.1 Å². The maximum atomic E-state index is 13.1. The lowest BCUT2D eigenvalue weighted by atomic mass is 9.97. The van der Waals surface area contributed by atoms with Crippen LogP contribution >= 0.6 is 12.4 Å². The van der Waals surface area contributed by atoms with E-state index in [-0.39, 0.29) is 41.8 Å². The van der Waals surface area contributed by atoms with E-state index < -0.39 is 29.5 Å². The zero-order valence-electron chi connectivity index (χ0n) is 16.2. The van der Waals surface area contributed by atoms with Crippen molar-refractivity contribution in [3.05, 3.63) is 59.3 Å². The second-order valence-corrected chi connectivity index (χ2v) is 7.00. The van der Waals surface area contributed by atoms with Crippen molar-refractivity contribution in [3.8, 4) is 11.1 Å². The van der Waals surface area contributed by atoms with Gasteiger partial charge in [0.15, 0.2) is 0 Å². The first-order chi connectivity index (χ1) is 13.9. The second-order valence-electron chi connectivity index (χ2n) is 7.00. The average molecular weight is 465 g/mol. The number of carbonyl (C=O) groups excluding carboxylic acids is 1. The molecular formula is C21H19ClF6N2O. The van der Waals surface area contributed by atoms with E-state index >= 15 is 0 Å². The number of halogens is 7. The van der Waals surface area contributed by atoms with E-state index in [1.807, 2.05) is 0 Å². The Morgan fingerprint density at radius 3 is 2.06 bits per heavy atom. The highest BCUT2D eigenvalue weighted by atomic mass is 35.5. The monoisotopic (exact) mass is 464 g/mol. The predicted molar refractivity (Wildman–Crippen MR) is 108 cm³/mol. The number of H-pyrrole nitrogens is 1. The summed E-state index contributed by atoms with van der Waals surface area (Å²) in [6.07, 6.45) is -7.63. The highest BCUT2D eigenvalue weighted by Crippen LogP contribution is 2.39. The molecular weight excluding hydrogens is 446 g/mol. The van der Waals surface area contributed by atoms with Crippen molar-refractivity contribution in [2.75, 3.05) is 0 Å². The number of benzene rings is 2. The summed E-state index contributed by atoms with van der Waals surface area (Å²) in [4.78, 5) is 14.7. The van der Waals surface area contributed by atoms with Crippen molar-refractivity contribution < 1.29 is 31.1 Å². The van der Waals surface area contributed by atoms with E-state index in [0.717, 1.165) is 5.56 Å². The van der Waals surface area contributed by atoms with Crippen LogP contribution in [0.1, 0.15) is 30.0 Å². The van der Waals surface area contributed by atoms with Crippen LogP contribution in [0.4, 0.5) is 26.3 Å². The van der Waals surface area contributed by atoms with E-state index in [1.54, 1.807) is 19.2 Å². The summed E-state index contributed by atoms with van der Waals surface area (Å²) in [5, 5.41) is 0.695. The van der Waals surface area contributed by atoms with Crippen LogP contribution in [-0.4, -0.2) is 16.8 Å². The van der Waals surface area contributed by atoms with Crippen molar-refractivity contribution in [3.63, 3.8) is 0 Å². The van der Waals surface area contributed by atoms with Crippen LogP contribution in [0.25, 0.3) is 22.0 Å². The van der Waals surface area contributed by atoms with Gasteiger partial charge in [-0.2, -0.15) is 26.3 Å². The number of hydrogen-bond donors (Lipinski definition) is 2. The fourth-order valence-electron chi connectivity index (χ4n) is 3.27. The van der Waals surface area contributed by atoms with Gasteiger partial charge in [-0.25, -0.2) is 0 Å². The van der Waals surface area contributed by atoms with Gasteiger partial charge in [-0.3, -0.25) is 4.79 Å². The predicted octanol–water partition coefficient (Wildman–Crippen LogP) is 6.14. The Morgan fingerprint density at radius 1 is 0.968 bits per heavy atom. The summed E-state index contributed by atoms with van der Waals surface area (Å²) in [5.41, 5.74) is 4.38. The molecule has 0 aliphatic rings.